The van der Waals surface area contributed by atoms with Crippen LogP contribution in [0.4, 0.5) is 11.6 Å². The second kappa shape index (κ2) is 4.79. The minimum Gasteiger partial charge on any atom is -0.383 e. The first kappa shape index (κ1) is 12.6. The van der Waals surface area contributed by atoms with E-state index in [4.69, 9.17) is 17.3 Å². The third-order valence-electron chi connectivity index (χ3n) is 2.05. The lowest BCUT2D eigenvalue weighted by Gasteiger charge is -2.08. The zero-order chi connectivity index (χ0) is 13.2. The highest BCUT2D eigenvalue weighted by atomic mass is 35.5. The number of nitrogens with zero attached hydrogens (tertiary/aromatic N) is 2. The van der Waals surface area contributed by atoms with Gasteiger partial charge in [0, 0.05) is 23.5 Å². The van der Waals surface area contributed by atoms with Gasteiger partial charge in [0.25, 0.3) is 10.0 Å². The minimum absolute atomic E-state index is 0.0768. The van der Waals surface area contributed by atoms with Crippen molar-refractivity contribution in [1.82, 2.24) is 9.97 Å². The average Bonchev–Trinajstić information content (AvgIpc) is 2.28. The molecule has 0 fully saturated rings. The maximum absolute atomic E-state index is 12.0. The largest absolute Gasteiger partial charge is 0.383 e. The Labute approximate surface area is 109 Å². The summed E-state index contributed by atoms with van der Waals surface area (Å²) in [5.41, 5.74) is 5.51. The maximum atomic E-state index is 12.0. The molecule has 2 aromatic heterocycles. The Hall–Kier alpha value is -1.86. The van der Waals surface area contributed by atoms with Gasteiger partial charge in [0.05, 0.1) is 0 Å². The van der Waals surface area contributed by atoms with E-state index < -0.39 is 10.0 Å². The molecule has 6 nitrogen and oxygen atoms in total. The van der Waals surface area contributed by atoms with Crippen molar-refractivity contribution in [2.24, 2.45) is 0 Å². The summed E-state index contributed by atoms with van der Waals surface area (Å²) in [4.78, 5) is 7.46. The van der Waals surface area contributed by atoms with Crippen molar-refractivity contribution < 1.29 is 8.42 Å². The quantitative estimate of drug-likeness (QED) is 0.890. The molecule has 0 atom stereocenters. The number of hydrogen-bond acceptors (Lipinski definition) is 5. The third-order valence-corrected chi connectivity index (χ3v) is 3.69. The summed E-state index contributed by atoms with van der Waals surface area (Å²) in [7, 11) is -3.82. The first-order valence-corrected chi connectivity index (χ1v) is 6.70. The summed E-state index contributed by atoms with van der Waals surface area (Å²) < 4.78 is 26.3. The zero-order valence-corrected chi connectivity index (χ0v) is 10.6. The molecule has 18 heavy (non-hydrogen) atoms. The number of nitrogen functional groups attached to an aromatic ring is 1. The van der Waals surface area contributed by atoms with Crippen molar-refractivity contribution in [1.29, 1.82) is 0 Å². The predicted molar refractivity (Wildman–Crippen MR) is 68.7 cm³/mol. The maximum Gasteiger partial charge on any atom is 0.266 e. The fraction of sp³-hybridized carbons (Fsp3) is 0. The number of aromatic nitrogens is 2. The molecule has 0 bridgehead atoms. The van der Waals surface area contributed by atoms with Crippen molar-refractivity contribution in [3.8, 4) is 0 Å². The van der Waals surface area contributed by atoms with Crippen LogP contribution in [0.3, 0.4) is 0 Å². The van der Waals surface area contributed by atoms with Crippen LogP contribution in [0.15, 0.2) is 41.6 Å². The number of pyridine rings is 2. The van der Waals surface area contributed by atoms with Crippen LogP contribution >= 0.6 is 11.6 Å². The summed E-state index contributed by atoms with van der Waals surface area (Å²) in [6, 6.07) is 5.77. The van der Waals surface area contributed by atoms with E-state index in [0.717, 1.165) is 0 Å². The van der Waals surface area contributed by atoms with E-state index in [-0.39, 0.29) is 16.5 Å². The highest BCUT2D eigenvalue weighted by molar-refractivity contribution is 7.92. The van der Waals surface area contributed by atoms with Crippen LogP contribution in [-0.4, -0.2) is 18.4 Å². The van der Waals surface area contributed by atoms with Gasteiger partial charge in [0.15, 0.2) is 0 Å². The Bertz CT molecular complexity index is 675. The van der Waals surface area contributed by atoms with Crippen molar-refractivity contribution >= 4 is 33.3 Å². The van der Waals surface area contributed by atoms with Crippen molar-refractivity contribution in [3.05, 3.63) is 41.7 Å². The highest BCUT2D eigenvalue weighted by Gasteiger charge is 2.18. The van der Waals surface area contributed by atoms with E-state index in [1.807, 2.05) is 0 Å². The van der Waals surface area contributed by atoms with E-state index in [9.17, 15) is 8.42 Å². The Morgan fingerprint density at radius 1 is 1.22 bits per heavy atom. The minimum atomic E-state index is -3.82. The molecule has 8 heteroatoms. The predicted octanol–water partition coefficient (Wildman–Crippen LogP) is 1.51. The van der Waals surface area contributed by atoms with Crippen LogP contribution in [0.1, 0.15) is 0 Å². The number of anilines is 2. The van der Waals surface area contributed by atoms with Gasteiger partial charge < -0.3 is 5.73 Å². The lowest BCUT2D eigenvalue weighted by atomic mass is 10.5. The Kier molecular flexibility index (Phi) is 3.35. The summed E-state index contributed by atoms with van der Waals surface area (Å²) in [5, 5.41) is 0.377. The first-order valence-electron chi connectivity index (χ1n) is 4.84. The number of rotatable bonds is 3. The van der Waals surface area contributed by atoms with E-state index in [2.05, 4.69) is 14.7 Å². The van der Waals surface area contributed by atoms with Gasteiger partial charge in [-0.2, -0.15) is 0 Å². The van der Waals surface area contributed by atoms with Crippen molar-refractivity contribution in [2.75, 3.05) is 10.5 Å². The molecular formula is C10H9ClN4O2S. The van der Waals surface area contributed by atoms with E-state index >= 15 is 0 Å². The second-order valence-electron chi connectivity index (χ2n) is 3.35. The van der Waals surface area contributed by atoms with Crippen LogP contribution in [-0.2, 0) is 10.0 Å². The Balaban J connectivity index is 2.37. The molecule has 0 saturated carbocycles. The summed E-state index contributed by atoms with van der Waals surface area (Å²) in [6.07, 6.45) is 2.80. The molecule has 2 heterocycles. The number of halogens is 1. The van der Waals surface area contributed by atoms with Crippen molar-refractivity contribution in [2.45, 2.75) is 4.90 Å². The van der Waals surface area contributed by atoms with Crippen molar-refractivity contribution in [3.63, 3.8) is 0 Å². The van der Waals surface area contributed by atoms with Crippen LogP contribution in [0.2, 0.25) is 5.02 Å². The smallest absolute Gasteiger partial charge is 0.266 e. The number of sulfonamides is 1. The molecule has 0 spiro atoms. The fourth-order valence-electron chi connectivity index (χ4n) is 1.28. The molecule has 0 unspecified atom stereocenters. The van der Waals surface area contributed by atoms with Gasteiger partial charge in [-0.1, -0.05) is 11.6 Å². The van der Waals surface area contributed by atoms with Crippen LogP contribution in [0.25, 0.3) is 0 Å². The molecule has 0 amide bonds. The molecule has 0 aliphatic carbocycles. The molecule has 3 N–H and O–H groups in total. The SMILES string of the molecule is Nc1ncccc1S(=O)(=O)Nc1cc(Cl)ccn1. The van der Waals surface area contributed by atoms with E-state index in [1.165, 1.54) is 36.7 Å². The van der Waals surface area contributed by atoms with Gasteiger partial charge in [-0.25, -0.2) is 18.4 Å². The molecule has 0 aromatic carbocycles. The number of nitrogens with two attached hydrogens (primary N) is 1. The molecule has 0 aliphatic rings. The number of hydrogen-bond donors (Lipinski definition) is 2. The van der Waals surface area contributed by atoms with Gasteiger partial charge in [-0.3, -0.25) is 4.72 Å². The first-order chi connectivity index (χ1) is 8.49. The standard InChI is InChI=1S/C10H9ClN4O2S/c11-7-3-5-13-9(6-7)15-18(16,17)8-2-1-4-14-10(8)12/h1-6H,(H2,12,14)(H,13,15). The molecular weight excluding hydrogens is 276 g/mol. The highest BCUT2D eigenvalue weighted by Crippen LogP contribution is 2.19. The lowest BCUT2D eigenvalue weighted by Crippen LogP contribution is -2.16. The Morgan fingerprint density at radius 2 is 2.00 bits per heavy atom. The fourth-order valence-corrected chi connectivity index (χ4v) is 2.53. The molecule has 94 valence electrons. The summed E-state index contributed by atoms with van der Waals surface area (Å²) in [6.45, 7) is 0. The lowest BCUT2D eigenvalue weighted by molar-refractivity contribution is 0.601. The van der Waals surface area contributed by atoms with Crippen LogP contribution in [0, 0.1) is 0 Å². The van der Waals surface area contributed by atoms with Crippen LogP contribution in [0.5, 0.6) is 0 Å². The average molecular weight is 285 g/mol. The molecule has 0 saturated heterocycles. The topological polar surface area (TPSA) is 98.0 Å². The third kappa shape index (κ3) is 2.69. The van der Waals surface area contributed by atoms with Gasteiger partial charge >= 0.3 is 0 Å². The second-order valence-corrected chi connectivity index (χ2v) is 5.44. The molecule has 0 radical (unpaired) electrons. The van der Waals surface area contributed by atoms with Gasteiger partial charge in [0.2, 0.25) is 0 Å². The van der Waals surface area contributed by atoms with Gasteiger partial charge in [-0.15, -0.1) is 0 Å². The Morgan fingerprint density at radius 3 is 2.67 bits per heavy atom. The monoisotopic (exact) mass is 284 g/mol. The molecule has 2 rings (SSSR count). The van der Waals surface area contributed by atoms with Crippen LogP contribution < -0.4 is 10.5 Å². The normalized spacial score (nSPS) is 11.2. The molecule has 0 aliphatic heterocycles. The van der Waals surface area contributed by atoms with E-state index in [0.29, 0.717) is 5.02 Å². The summed E-state index contributed by atoms with van der Waals surface area (Å²) in [5.74, 6) is 0.0396. The zero-order valence-electron chi connectivity index (χ0n) is 9.04. The molecule has 2 aromatic rings. The summed E-state index contributed by atoms with van der Waals surface area (Å²) >= 11 is 5.74. The van der Waals surface area contributed by atoms with E-state index in [1.54, 1.807) is 0 Å². The van der Waals surface area contributed by atoms with Gasteiger partial charge in [-0.05, 0) is 18.2 Å². The van der Waals surface area contributed by atoms with Gasteiger partial charge in [0.1, 0.15) is 16.5 Å². The number of nitrogens with one attached hydrogen (secondary N) is 1.